The first-order valence-electron chi connectivity index (χ1n) is 6.19. The van der Waals surface area contributed by atoms with Gasteiger partial charge in [0.2, 0.25) is 0 Å². The van der Waals surface area contributed by atoms with Crippen LogP contribution >= 0.6 is 22.6 Å². The van der Waals surface area contributed by atoms with Crippen molar-refractivity contribution in [1.82, 2.24) is 0 Å². The van der Waals surface area contributed by atoms with E-state index in [1.807, 2.05) is 41.6 Å². The molecule has 0 aliphatic rings. The van der Waals surface area contributed by atoms with Crippen molar-refractivity contribution < 1.29 is 9.90 Å². The predicted octanol–water partition coefficient (Wildman–Crippen LogP) is 3.25. The number of benzene rings is 2. The summed E-state index contributed by atoms with van der Waals surface area (Å²) in [5.41, 5.74) is 7.55. The van der Waals surface area contributed by atoms with Gasteiger partial charge in [-0.25, -0.2) is 0 Å². The number of anilines is 2. The molecule has 104 valence electrons. The van der Waals surface area contributed by atoms with E-state index in [-0.39, 0.29) is 11.7 Å². The minimum absolute atomic E-state index is 0.116. The smallest absolute Gasteiger partial charge is 0.258 e. The van der Waals surface area contributed by atoms with Gasteiger partial charge in [0.1, 0.15) is 5.75 Å². The van der Waals surface area contributed by atoms with Crippen molar-refractivity contribution in [3.63, 3.8) is 0 Å². The van der Waals surface area contributed by atoms with E-state index in [2.05, 4.69) is 0 Å². The molecular weight excluding hydrogens is 367 g/mol. The molecule has 0 aromatic heterocycles. The van der Waals surface area contributed by atoms with Crippen molar-refractivity contribution in [3.8, 4) is 5.75 Å². The lowest BCUT2D eigenvalue weighted by molar-refractivity contribution is 0.0988. The minimum atomic E-state index is -0.149. The molecule has 0 saturated carbocycles. The van der Waals surface area contributed by atoms with E-state index in [9.17, 15) is 9.90 Å². The van der Waals surface area contributed by atoms with Crippen LogP contribution in [0.2, 0.25) is 0 Å². The number of phenolic OH excluding ortho intramolecular Hbond substituents is 1. The van der Waals surface area contributed by atoms with Crippen molar-refractivity contribution in [2.75, 3.05) is 17.2 Å². The van der Waals surface area contributed by atoms with Crippen LogP contribution in [0.5, 0.6) is 5.75 Å². The summed E-state index contributed by atoms with van der Waals surface area (Å²) < 4.78 is 0.717. The Hall–Kier alpha value is -1.76. The largest absolute Gasteiger partial charge is 0.507 e. The zero-order valence-corrected chi connectivity index (χ0v) is 13.2. The zero-order valence-electron chi connectivity index (χ0n) is 11.0. The minimum Gasteiger partial charge on any atom is -0.507 e. The van der Waals surface area contributed by atoms with Crippen LogP contribution in [-0.4, -0.2) is 17.6 Å². The van der Waals surface area contributed by atoms with Crippen molar-refractivity contribution in [3.05, 3.63) is 51.6 Å². The van der Waals surface area contributed by atoms with Gasteiger partial charge in [-0.05, 0) is 72.0 Å². The molecule has 1 amide bonds. The number of rotatable bonds is 3. The Balaban J connectivity index is 2.33. The molecule has 4 nitrogen and oxygen atoms in total. The highest BCUT2D eigenvalue weighted by Crippen LogP contribution is 2.23. The van der Waals surface area contributed by atoms with E-state index in [0.717, 1.165) is 9.26 Å². The van der Waals surface area contributed by atoms with Gasteiger partial charge in [0, 0.05) is 23.5 Å². The Bertz CT molecular complexity index is 626. The Morgan fingerprint density at radius 2 is 1.90 bits per heavy atom. The van der Waals surface area contributed by atoms with Crippen LogP contribution in [0.25, 0.3) is 0 Å². The SMILES string of the molecule is CCN(C(=O)c1ccc(I)c(O)c1)c1ccc(N)cc1. The Morgan fingerprint density at radius 1 is 1.25 bits per heavy atom. The molecule has 2 aromatic rings. The van der Waals surface area contributed by atoms with Gasteiger partial charge >= 0.3 is 0 Å². The number of hydrogen-bond donors (Lipinski definition) is 2. The Kier molecular flexibility index (Phi) is 4.49. The first-order chi connectivity index (χ1) is 9.52. The standard InChI is InChI=1S/C15H15IN2O2/c1-2-18(12-6-4-11(17)5-7-12)15(20)10-3-8-13(16)14(19)9-10/h3-9,19H,2,17H2,1H3. The highest BCUT2D eigenvalue weighted by molar-refractivity contribution is 14.1. The van der Waals surface area contributed by atoms with Crippen LogP contribution in [0.1, 0.15) is 17.3 Å². The van der Waals surface area contributed by atoms with Gasteiger partial charge in [-0.2, -0.15) is 0 Å². The maximum Gasteiger partial charge on any atom is 0.258 e. The van der Waals surface area contributed by atoms with Gasteiger partial charge in [-0.1, -0.05) is 0 Å². The average Bonchev–Trinajstić information content (AvgIpc) is 2.44. The number of phenols is 1. The number of nitrogens with zero attached hydrogens (tertiary/aromatic N) is 1. The number of halogens is 1. The van der Waals surface area contributed by atoms with Crippen LogP contribution in [0, 0.1) is 3.57 Å². The lowest BCUT2D eigenvalue weighted by Crippen LogP contribution is -2.30. The second-order valence-corrected chi connectivity index (χ2v) is 5.47. The summed E-state index contributed by atoms with van der Waals surface area (Å²) in [4.78, 5) is 14.1. The fourth-order valence-corrected chi connectivity index (χ4v) is 2.23. The zero-order chi connectivity index (χ0) is 14.7. The third-order valence-corrected chi connectivity index (χ3v) is 3.87. The van der Waals surface area contributed by atoms with Gasteiger partial charge in [-0.15, -0.1) is 0 Å². The second-order valence-electron chi connectivity index (χ2n) is 4.31. The molecule has 0 aliphatic heterocycles. The van der Waals surface area contributed by atoms with Gasteiger partial charge in [0.05, 0.1) is 3.57 Å². The first kappa shape index (κ1) is 14.6. The van der Waals surface area contributed by atoms with E-state index >= 15 is 0 Å². The normalized spacial score (nSPS) is 10.3. The molecule has 0 saturated heterocycles. The van der Waals surface area contributed by atoms with Crippen LogP contribution in [0.15, 0.2) is 42.5 Å². The van der Waals surface area contributed by atoms with E-state index in [4.69, 9.17) is 5.73 Å². The summed E-state index contributed by atoms with van der Waals surface area (Å²) in [6.07, 6.45) is 0. The second kappa shape index (κ2) is 6.13. The number of carbonyl (C=O) groups excluding carboxylic acids is 1. The molecular formula is C15H15IN2O2. The molecule has 3 N–H and O–H groups in total. The number of carbonyl (C=O) groups is 1. The third kappa shape index (κ3) is 3.04. The first-order valence-corrected chi connectivity index (χ1v) is 7.26. The summed E-state index contributed by atoms with van der Waals surface area (Å²) in [5.74, 6) is -0.0335. The molecule has 5 heteroatoms. The van der Waals surface area contributed by atoms with Gasteiger partial charge in [-0.3, -0.25) is 4.79 Å². The molecule has 20 heavy (non-hydrogen) atoms. The molecule has 2 rings (SSSR count). The predicted molar refractivity (Wildman–Crippen MR) is 89.0 cm³/mol. The van der Waals surface area contributed by atoms with Crippen molar-refractivity contribution in [1.29, 1.82) is 0 Å². The highest BCUT2D eigenvalue weighted by atomic mass is 127. The Morgan fingerprint density at radius 3 is 2.45 bits per heavy atom. The van der Waals surface area contributed by atoms with Crippen LogP contribution < -0.4 is 10.6 Å². The lowest BCUT2D eigenvalue weighted by Gasteiger charge is -2.21. The summed E-state index contributed by atoms with van der Waals surface area (Å²) >= 11 is 2.02. The number of nitrogen functional groups attached to an aromatic ring is 1. The average molecular weight is 382 g/mol. The van der Waals surface area contributed by atoms with E-state index in [1.165, 1.54) is 6.07 Å². The molecule has 0 atom stereocenters. The molecule has 2 aromatic carbocycles. The van der Waals surface area contributed by atoms with Gasteiger partial charge in [0.25, 0.3) is 5.91 Å². The molecule has 0 spiro atoms. The summed E-state index contributed by atoms with van der Waals surface area (Å²) in [7, 11) is 0. The molecule has 0 bridgehead atoms. The maximum atomic E-state index is 12.5. The number of amides is 1. The van der Waals surface area contributed by atoms with E-state index in [1.54, 1.807) is 29.2 Å². The van der Waals surface area contributed by atoms with Crippen molar-refractivity contribution in [2.45, 2.75) is 6.92 Å². The van der Waals surface area contributed by atoms with E-state index in [0.29, 0.717) is 17.8 Å². The number of nitrogens with two attached hydrogens (primary N) is 1. The fourth-order valence-electron chi connectivity index (χ4n) is 1.90. The lowest BCUT2D eigenvalue weighted by atomic mass is 10.1. The molecule has 0 fully saturated rings. The van der Waals surface area contributed by atoms with Crippen LogP contribution in [-0.2, 0) is 0 Å². The molecule has 0 radical (unpaired) electrons. The van der Waals surface area contributed by atoms with Gasteiger partial charge in [0.15, 0.2) is 0 Å². The van der Waals surface area contributed by atoms with Crippen LogP contribution in [0.3, 0.4) is 0 Å². The van der Waals surface area contributed by atoms with Crippen LogP contribution in [0.4, 0.5) is 11.4 Å². The molecule has 0 unspecified atom stereocenters. The third-order valence-electron chi connectivity index (χ3n) is 2.96. The highest BCUT2D eigenvalue weighted by Gasteiger charge is 2.17. The summed E-state index contributed by atoms with van der Waals surface area (Å²) in [6, 6.07) is 12.1. The Labute approximate surface area is 131 Å². The molecule has 0 heterocycles. The van der Waals surface area contributed by atoms with Gasteiger partial charge < -0.3 is 15.7 Å². The van der Waals surface area contributed by atoms with Crippen molar-refractivity contribution >= 4 is 39.9 Å². The molecule has 0 aliphatic carbocycles. The monoisotopic (exact) mass is 382 g/mol. The topological polar surface area (TPSA) is 66.6 Å². The van der Waals surface area contributed by atoms with E-state index < -0.39 is 0 Å². The summed E-state index contributed by atoms with van der Waals surface area (Å²) in [6.45, 7) is 2.44. The number of hydrogen-bond acceptors (Lipinski definition) is 3. The fraction of sp³-hybridized carbons (Fsp3) is 0.133. The van der Waals surface area contributed by atoms with Crippen molar-refractivity contribution in [2.24, 2.45) is 0 Å². The number of aromatic hydroxyl groups is 1. The maximum absolute atomic E-state index is 12.5. The summed E-state index contributed by atoms with van der Waals surface area (Å²) in [5, 5.41) is 9.72. The quantitative estimate of drug-likeness (QED) is 0.633.